The molecule has 0 atom stereocenters. The van der Waals surface area contributed by atoms with Gasteiger partial charge >= 0.3 is 0 Å². The third-order valence-corrected chi connectivity index (χ3v) is 2.28. The van der Waals surface area contributed by atoms with Crippen molar-refractivity contribution in [2.45, 2.75) is 32.8 Å². The molecule has 0 saturated carbocycles. The Morgan fingerprint density at radius 2 is 2.22 bits per heavy atom. The minimum absolute atomic E-state index is 0.0240. The van der Waals surface area contributed by atoms with E-state index < -0.39 is 5.82 Å². The second-order valence-electron chi connectivity index (χ2n) is 4.31. The molecule has 4 nitrogen and oxygen atoms in total. The number of hydrogen-bond acceptors (Lipinski definition) is 3. The van der Waals surface area contributed by atoms with Gasteiger partial charge in [-0.1, -0.05) is 0 Å². The molecule has 1 aromatic carbocycles. The second kappa shape index (κ2) is 6.96. The maximum absolute atomic E-state index is 12.9. The van der Waals surface area contributed by atoms with Crippen LogP contribution in [0.4, 0.5) is 15.8 Å². The third kappa shape index (κ3) is 5.14. The number of nitrogen functional groups attached to an aromatic ring is 1. The maximum atomic E-state index is 12.9. The van der Waals surface area contributed by atoms with Crippen LogP contribution >= 0.6 is 0 Å². The van der Waals surface area contributed by atoms with E-state index in [-0.39, 0.29) is 17.7 Å². The molecule has 0 aliphatic heterocycles. The van der Waals surface area contributed by atoms with Gasteiger partial charge in [0.25, 0.3) is 0 Å². The molecule has 1 rings (SSSR count). The smallest absolute Gasteiger partial charge is 0.224 e. The Labute approximate surface area is 106 Å². The third-order valence-electron chi connectivity index (χ3n) is 2.28. The molecule has 0 fully saturated rings. The lowest BCUT2D eigenvalue weighted by Crippen LogP contribution is -2.13. The number of carbonyl (C=O) groups is 1. The first kappa shape index (κ1) is 14.4. The largest absolute Gasteiger partial charge is 0.396 e. The molecule has 0 saturated heterocycles. The highest BCUT2D eigenvalue weighted by Gasteiger charge is 2.05. The summed E-state index contributed by atoms with van der Waals surface area (Å²) in [5.41, 5.74) is 5.93. The molecular formula is C13H19FN2O2. The van der Waals surface area contributed by atoms with E-state index in [1.54, 1.807) is 0 Å². The Kier molecular flexibility index (Phi) is 5.58. The number of hydrogen-bond donors (Lipinski definition) is 2. The zero-order chi connectivity index (χ0) is 13.5. The van der Waals surface area contributed by atoms with E-state index >= 15 is 0 Å². The summed E-state index contributed by atoms with van der Waals surface area (Å²) in [5, 5.41) is 2.66. The van der Waals surface area contributed by atoms with Gasteiger partial charge in [-0.25, -0.2) is 4.39 Å². The molecule has 0 spiro atoms. The summed E-state index contributed by atoms with van der Waals surface area (Å²) in [7, 11) is 0. The van der Waals surface area contributed by atoms with Crippen molar-refractivity contribution in [2.24, 2.45) is 0 Å². The van der Waals surface area contributed by atoms with E-state index in [9.17, 15) is 9.18 Å². The van der Waals surface area contributed by atoms with Gasteiger partial charge in [-0.05, 0) is 38.5 Å². The van der Waals surface area contributed by atoms with Crippen LogP contribution < -0.4 is 11.1 Å². The Morgan fingerprint density at radius 3 is 2.83 bits per heavy atom. The monoisotopic (exact) mass is 254 g/mol. The first-order chi connectivity index (χ1) is 8.49. The lowest BCUT2D eigenvalue weighted by atomic mass is 10.2. The molecule has 0 radical (unpaired) electrons. The van der Waals surface area contributed by atoms with Crippen molar-refractivity contribution >= 4 is 17.3 Å². The zero-order valence-corrected chi connectivity index (χ0v) is 10.7. The lowest BCUT2D eigenvalue weighted by molar-refractivity contribution is -0.116. The van der Waals surface area contributed by atoms with Crippen molar-refractivity contribution in [1.29, 1.82) is 0 Å². The second-order valence-corrected chi connectivity index (χ2v) is 4.31. The van der Waals surface area contributed by atoms with Crippen LogP contribution in [0.1, 0.15) is 26.7 Å². The predicted octanol–water partition coefficient (Wildman–Crippen LogP) is 2.55. The fourth-order valence-electron chi connectivity index (χ4n) is 1.40. The lowest BCUT2D eigenvalue weighted by Gasteiger charge is -2.08. The molecule has 0 bridgehead atoms. The normalized spacial score (nSPS) is 10.7. The van der Waals surface area contributed by atoms with Crippen molar-refractivity contribution in [3.05, 3.63) is 24.0 Å². The molecule has 1 amide bonds. The Balaban J connectivity index is 2.33. The fourth-order valence-corrected chi connectivity index (χ4v) is 1.40. The summed E-state index contributed by atoms with van der Waals surface area (Å²) in [5.74, 6) is -0.619. The quantitative estimate of drug-likeness (QED) is 0.605. The Hall–Kier alpha value is -1.62. The van der Waals surface area contributed by atoms with E-state index in [4.69, 9.17) is 10.5 Å². The number of carbonyl (C=O) groups excluding carboxylic acids is 1. The van der Waals surface area contributed by atoms with Gasteiger partial charge in [0.05, 0.1) is 11.8 Å². The molecule has 0 aliphatic carbocycles. The number of rotatable bonds is 6. The number of halogens is 1. The van der Waals surface area contributed by atoms with Gasteiger partial charge < -0.3 is 15.8 Å². The summed E-state index contributed by atoms with van der Waals surface area (Å²) < 4.78 is 18.2. The van der Waals surface area contributed by atoms with E-state index in [0.29, 0.717) is 25.1 Å². The molecule has 5 heteroatoms. The molecular weight excluding hydrogens is 235 g/mol. The highest BCUT2D eigenvalue weighted by atomic mass is 19.1. The number of benzene rings is 1. The SMILES string of the molecule is CC(C)OCCCC(=O)Nc1ccc(F)c(N)c1. The van der Waals surface area contributed by atoms with Crippen molar-refractivity contribution in [2.75, 3.05) is 17.7 Å². The van der Waals surface area contributed by atoms with E-state index in [1.807, 2.05) is 13.8 Å². The predicted molar refractivity (Wildman–Crippen MR) is 69.8 cm³/mol. The molecule has 18 heavy (non-hydrogen) atoms. The summed E-state index contributed by atoms with van der Waals surface area (Å²) in [6.07, 6.45) is 1.19. The van der Waals surface area contributed by atoms with Crippen molar-refractivity contribution in [3.8, 4) is 0 Å². The molecule has 3 N–H and O–H groups in total. The van der Waals surface area contributed by atoms with Gasteiger partial charge in [-0.3, -0.25) is 4.79 Å². The van der Waals surface area contributed by atoms with Gasteiger partial charge in [0, 0.05) is 18.7 Å². The van der Waals surface area contributed by atoms with Crippen LogP contribution in [-0.4, -0.2) is 18.6 Å². The fraction of sp³-hybridized carbons (Fsp3) is 0.462. The van der Waals surface area contributed by atoms with Crippen LogP contribution in [0.5, 0.6) is 0 Å². The first-order valence-electron chi connectivity index (χ1n) is 5.95. The van der Waals surface area contributed by atoms with Gasteiger partial charge in [0.1, 0.15) is 5.82 Å². The Bertz CT molecular complexity index is 408. The summed E-state index contributed by atoms with van der Waals surface area (Å²) in [6, 6.07) is 4.11. The first-order valence-corrected chi connectivity index (χ1v) is 5.95. The summed E-state index contributed by atoms with van der Waals surface area (Å²) >= 11 is 0. The van der Waals surface area contributed by atoms with Crippen LogP contribution in [0.3, 0.4) is 0 Å². The number of nitrogens with two attached hydrogens (primary N) is 1. The number of anilines is 2. The summed E-state index contributed by atoms with van der Waals surface area (Å²) in [6.45, 7) is 4.44. The van der Waals surface area contributed by atoms with Crippen molar-refractivity contribution in [1.82, 2.24) is 0 Å². The van der Waals surface area contributed by atoms with Crippen molar-refractivity contribution in [3.63, 3.8) is 0 Å². The zero-order valence-electron chi connectivity index (χ0n) is 10.7. The van der Waals surface area contributed by atoms with Crippen LogP contribution in [0, 0.1) is 5.82 Å². The Morgan fingerprint density at radius 1 is 1.50 bits per heavy atom. The van der Waals surface area contributed by atoms with Gasteiger partial charge in [-0.2, -0.15) is 0 Å². The minimum atomic E-state index is -0.488. The number of nitrogens with one attached hydrogen (secondary N) is 1. The van der Waals surface area contributed by atoms with E-state index in [0.717, 1.165) is 0 Å². The van der Waals surface area contributed by atoms with Gasteiger partial charge in [-0.15, -0.1) is 0 Å². The molecule has 0 heterocycles. The van der Waals surface area contributed by atoms with Gasteiger partial charge in [0.2, 0.25) is 5.91 Å². The highest BCUT2D eigenvalue weighted by molar-refractivity contribution is 5.91. The molecule has 0 aliphatic rings. The maximum Gasteiger partial charge on any atom is 0.224 e. The topological polar surface area (TPSA) is 64.3 Å². The number of amides is 1. The minimum Gasteiger partial charge on any atom is -0.396 e. The van der Waals surface area contributed by atoms with E-state index in [2.05, 4.69) is 5.32 Å². The standard InChI is InChI=1S/C13H19FN2O2/c1-9(2)18-7-3-4-13(17)16-10-5-6-11(14)12(15)8-10/h5-6,8-9H,3-4,7,15H2,1-2H3,(H,16,17). The van der Waals surface area contributed by atoms with Crippen molar-refractivity contribution < 1.29 is 13.9 Å². The molecule has 100 valence electrons. The molecule has 0 unspecified atom stereocenters. The molecule has 1 aromatic rings. The average molecular weight is 254 g/mol. The van der Waals surface area contributed by atoms with Crippen LogP contribution in [0.2, 0.25) is 0 Å². The highest BCUT2D eigenvalue weighted by Crippen LogP contribution is 2.16. The number of ether oxygens (including phenoxy) is 1. The summed E-state index contributed by atoms with van der Waals surface area (Å²) in [4.78, 5) is 11.6. The van der Waals surface area contributed by atoms with E-state index in [1.165, 1.54) is 18.2 Å². The van der Waals surface area contributed by atoms with Crippen LogP contribution in [-0.2, 0) is 9.53 Å². The average Bonchev–Trinajstić information content (AvgIpc) is 2.29. The van der Waals surface area contributed by atoms with Gasteiger partial charge in [0.15, 0.2) is 0 Å². The van der Waals surface area contributed by atoms with Crippen LogP contribution in [0.25, 0.3) is 0 Å². The molecule has 0 aromatic heterocycles. The van der Waals surface area contributed by atoms with Crippen LogP contribution in [0.15, 0.2) is 18.2 Å².